The summed E-state index contributed by atoms with van der Waals surface area (Å²) in [5.74, 6) is -1.47. The van der Waals surface area contributed by atoms with Crippen LogP contribution < -0.4 is 5.32 Å². The average molecular weight is 453 g/mol. The molecule has 0 radical (unpaired) electrons. The maximum absolute atomic E-state index is 13.7. The zero-order chi connectivity index (χ0) is 22.2. The Morgan fingerprint density at radius 1 is 1.23 bits per heavy atom. The van der Waals surface area contributed by atoms with Gasteiger partial charge in [-0.3, -0.25) is 14.4 Å². The predicted molar refractivity (Wildman–Crippen MR) is 118 cm³/mol. The molecule has 4 rings (SSSR count). The molecule has 3 saturated heterocycles. The van der Waals surface area contributed by atoms with Crippen molar-refractivity contribution in [2.24, 2.45) is 11.8 Å². The zero-order valence-corrected chi connectivity index (χ0v) is 19.5. The number of carbonyl (C=O) groups is 3. The number of rotatable bonds is 8. The molecule has 174 valence electrons. The van der Waals surface area contributed by atoms with Gasteiger partial charge in [0.05, 0.1) is 23.2 Å². The largest absolute Gasteiger partial charge is 0.466 e. The topological polar surface area (TPSA) is 95.9 Å². The SMILES string of the molecule is CCOC(=O)[C@@H]1[C@H]2C(=O)N(CCCCO)C(C(=O)NC3CCCCC3)C23CC[C@@]1(C)S3. The number of aliphatic hydroxyl groups is 1. The Morgan fingerprint density at radius 2 is 1.97 bits per heavy atom. The van der Waals surface area contributed by atoms with Crippen LogP contribution >= 0.6 is 11.8 Å². The minimum atomic E-state index is -0.568. The molecule has 2 amide bonds. The molecule has 1 saturated carbocycles. The predicted octanol–water partition coefficient (Wildman–Crippen LogP) is 2.25. The fourth-order valence-electron chi connectivity index (χ4n) is 6.48. The lowest BCUT2D eigenvalue weighted by atomic mass is 9.66. The number of amides is 2. The van der Waals surface area contributed by atoms with Crippen molar-refractivity contribution >= 4 is 29.5 Å². The molecule has 0 aromatic rings. The molecule has 0 aromatic heterocycles. The first kappa shape index (κ1) is 22.9. The third-order valence-electron chi connectivity index (χ3n) is 7.82. The van der Waals surface area contributed by atoms with E-state index in [9.17, 15) is 19.5 Å². The van der Waals surface area contributed by atoms with Crippen LogP contribution in [0.15, 0.2) is 0 Å². The number of unbranched alkanes of at least 4 members (excludes halogenated alkanes) is 1. The van der Waals surface area contributed by atoms with E-state index in [1.54, 1.807) is 23.6 Å². The number of hydrogen-bond donors (Lipinski definition) is 2. The second-order valence-corrected chi connectivity index (χ2v) is 11.7. The van der Waals surface area contributed by atoms with E-state index in [0.717, 1.165) is 38.5 Å². The van der Waals surface area contributed by atoms with Gasteiger partial charge in [-0.15, -0.1) is 11.8 Å². The lowest BCUT2D eigenvalue weighted by molar-refractivity contribution is -0.155. The summed E-state index contributed by atoms with van der Waals surface area (Å²) in [5.41, 5.74) is 0. The summed E-state index contributed by atoms with van der Waals surface area (Å²) >= 11 is 1.69. The van der Waals surface area contributed by atoms with Gasteiger partial charge in [0.15, 0.2) is 0 Å². The molecule has 3 aliphatic heterocycles. The molecule has 1 spiro atoms. The standard InChI is InChI=1S/C23H36N2O5S/c1-3-30-21(29)17-16-20(28)25(13-7-8-14-26)18(23(16)12-11-22(17,2)31-23)19(27)24-15-9-5-4-6-10-15/h15-18,26H,3-14H2,1-2H3,(H,24,27)/t16-,17-,18?,22+,23?/m0/s1. The highest BCUT2D eigenvalue weighted by Gasteiger charge is 2.77. The number of esters is 1. The Balaban J connectivity index is 1.65. The van der Waals surface area contributed by atoms with E-state index in [4.69, 9.17) is 4.74 Å². The van der Waals surface area contributed by atoms with Crippen LogP contribution in [0.5, 0.6) is 0 Å². The normalized spacial score (nSPS) is 37.2. The average Bonchev–Trinajstić information content (AvgIpc) is 3.30. The number of nitrogens with zero attached hydrogens (tertiary/aromatic N) is 1. The summed E-state index contributed by atoms with van der Waals surface area (Å²) in [5, 5.41) is 12.5. The van der Waals surface area contributed by atoms with Crippen LogP contribution in [0, 0.1) is 11.8 Å². The summed E-state index contributed by atoms with van der Waals surface area (Å²) in [7, 11) is 0. The van der Waals surface area contributed by atoms with Crippen LogP contribution in [-0.4, -0.2) is 69.1 Å². The quantitative estimate of drug-likeness (QED) is 0.433. The Bertz CT molecular complexity index is 727. The van der Waals surface area contributed by atoms with Crippen LogP contribution in [-0.2, 0) is 19.1 Å². The maximum Gasteiger partial charge on any atom is 0.311 e. The molecule has 2 unspecified atom stereocenters. The minimum absolute atomic E-state index is 0.0620. The summed E-state index contributed by atoms with van der Waals surface area (Å²) in [6, 6.07) is -0.386. The molecule has 7 nitrogen and oxygen atoms in total. The molecule has 2 bridgehead atoms. The lowest BCUT2D eigenvalue weighted by Gasteiger charge is -2.35. The van der Waals surface area contributed by atoms with Crippen molar-refractivity contribution in [2.75, 3.05) is 19.8 Å². The molecule has 3 heterocycles. The number of nitrogens with one attached hydrogen (secondary N) is 1. The number of aliphatic hydroxyl groups excluding tert-OH is 1. The van der Waals surface area contributed by atoms with Gasteiger partial charge in [-0.1, -0.05) is 19.3 Å². The second-order valence-electron chi connectivity index (χ2n) is 9.79. The van der Waals surface area contributed by atoms with Crippen LogP contribution in [0.1, 0.15) is 71.6 Å². The number of ether oxygens (including phenoxy) is 1. The summed E-state index contributed by atoms with van der Waals surface area (Å²) in [6.07, 6.45) is 8.24. The monoisotopic (exact) mass is 452 g/mol. The van der Waals surface area contributed by atoms with Gasteiger partial charge in [-0.25, -0.2) is 0 Å². The number of thioether (sulfide) groups is 1. The molecule has 31 heavy (non-hydrogen) atoms. The molecule has 4 fully saturated rings. The van der Waals surface area contributed by atoms with Crippen molar-refractivity contribution in [2.45, 2.75) is 93.2 Å². The highest BCUT2D eigenvalue weighted by Crippen LogP contribution is 2.71. The third-order valence-corrected chi connectivity index (χ3v) is 9.81. The smallest absolute Gasteiger partial charge is 0.311 e. The van der Waals surface area contributed by atoms with Gasteiger partial charge in [0, 0.05) is 23.9 Å². The van der Waals surface area contributed by atoms with E-state index in [0.29, 0.717) is 19.4 Å². The van der Waals surface area contributed by atoms with Gasteiger partial charge in [-0.05, 0) is 52.4 Å². The summed E-state index contributed by atoms with van der Waals surface area (Å²) < 4.78 is 4.46. The second kappa shape index (κ2) is 8.93. The van der Waals surface area contributed by atoms with Gasteiger partial charge in [0.1, 0.15) is 6.04 Å². The molecule has 4 aliphatic rings. The van der Waals surface area contributed by atoms with Gasteiger partial charge in [0.25, 0.3) is 0 Å². The van der Waals surface area contributed by atoms with Gasteiger partial charge < -0.3 is 20.1 Å². The summed E-state index contributed by atoms with van der Waals surface area (Å²) in [4.78, 5) is 42.0. The number of likely N-dealkylation sites (tertiary alicyclic amines) is 1. The minimum Gasteiger partial charge on any atom is -0.466 e. The van der Waals surface area contributed by atoms with Crippen molar-refractivity contribution in [3.63, 3.8) is 0 Å². The first-order valence-electron chi connectivity index (χ1n) is 12.0. The van der Waals surface area contributed by atoms with E-state index in [1.807, 2.05) is 0 Å². The highest BCUT2D eigenvalue weighted by molar-refractivity contribution is 8.02. The lowest BCUT2D eigenvalue weighted by Crippen LogP contribution is -2.55. The van der Waals surface area contributed by atoms with Crippen LogP contribution in [0.3, 0.4) is 0 Å². The van der Waals surface area contributed by atoms with Gasteiger partial charge >= 0.3 is 5.97 Å². The third kappa shape index (κ3) is 3.77. The first-order chi connectivity index (χ1) is 14.9. The van der Waals surface area contributed by atoms with Crippen molar-refractivity contribution in [3.8, 4) is 0 Å². The molecule has 1 aliphatic carbocycles. The van der Waals surface area contributed by atoms with E-state index in [1.165, 1.54) is 6.42 Å². The maximum atomic E-state index is 13.7. The van der Waals surface area contributed by atoms with Crippen molar-refractivity contribution in [3.05, 3.63) is 0 Å². The number of fused-ring (bicyclic) bond motifs is 1. The van der Waals surface area contributed by atoms with E-state index in [-0.39, 0.29) is 41.8 Å². The van der Waals surface area contributed by atoms with Crippen molar-refractivity contribution < 1.29 is 24.2 Å². The Kier molecular flexibility index (Phi) is 6.59. The van der Waals surface area contributed by atoms with Gasteiger partial charge in [0.2, 0.25) is 11.8 Å². The molecule has 8 heteroatoms. The van der Waals surface area contributed by atoms with Crippen molar-refractivity contribution in [1.82, 2.24) is 10.2 Å². The Hall–Kier alpha value is -1.28. The molecular weight excluding hydrogens is 416 g/mol. The van der Waals surface area contributed by atoms with Crippen LogP contribution in [0.2, 0.25) is 0 Å². The molecular formula is C23H36N2O5S. The van der Waals surface area contributed by atoms with E-state index >= 15 is 0 Å². The molecule has 0 aromatic carbocycles. The highest BCUT2D eigenvalue weighted by atomic mass is 32.2. The fourth-order valence-corrected chi connectivity index (χ4v) is 8.82. The van der Waals surface area contributed by atoms with E-state index in [2.05, 4.69) is 12.2 Å². The summed E-state index contributed by atoms with van der Waals surface area (Å²) in [6.45, 7) is 4.64. The molecule has 5 atom stereocenters. The number of hydrogen-bond acceptors (Lipinski definition) is 6. The zero-order valence-electron chi connectivity index (χ0n) is 18.7. The Labute approximate surface area is 189 Å². The van der Waals surface area contributed by atoms with E-state index < -0.39 is 22.6 Å². The first-order valence-corrected chi connectivity index (χ1v) is 12.8. The Morgan fingerprint density at radius 3 is 2.65 bits per heavy atom. The van der Waals surface area contributed by atoms with Gasteiger partial charge in [-0.2, -0.15) is 0 Å². The van der Waals surface area contributed by atoms with Crippen molar-refractivity contribution in [1.29, 1.82) is 0 Å². The fraction of sp³-hybridized carbons (Fsp3) is 0.870. The van der Waals surface area contributed by atoms with Crippen LogP contribution in [0.25, 0.3) is 0 Å². The number of carbonyl (C=O) groups excluding carboxylic acids is 3. The molecule has 2 N–H and O–H groups in total. The van der Waals surface area contributed by atoms with Crippen LogP contribution in [0.4, 0.5) is 0 Å².